The molecule has 0 radical (unpaired) electrons. The topological polar surface area (TPSA) is 18.5 Å². The molecule has 0 fully saturated rings. The Labute approximate surface area is 76.3 Å². The second-order valence-corrected chi connectivity index (χ2v) is 3.31. The molecular weight excluding hydrogens is 152 g/mol. The maximum atomic E-state index is 5.63. The molecule has 0 heterocycles. The van der Waals surface area contributed by atoms with Crippen molar-refractivity contribution in [3.8, 4) is 0 Å². The summed E-state index contributed by atoms with van der Waals surface area (Å²) in [5.41, 5.74) is 0. The van der Waals surface area contributed by atoms with Gasteiger partial charge in [0.15, 0.2) is 0 Å². The SMILES string of the molecule is CCCOC(COCC)C(C)C. The minimum Gasteiger partial charge on any atom is -0.379 e. The van der Waals surface area contributed by atoms with Crippen LogP contribution in [0.15, 0.2) is 0 Å². The van der Waals surface area contributed by atoms with E-state index in [2.05, 4.69) is 20.8 Å². The van der Waals surface area contributed by atoms with E-state index in [0.29, 0.717) is 5.92 Å². The van der Waals surface area contributed by atoms with Gasteiger partial charge in [-0.3, -0.25) is 0 Å². The summed E-state index contributed by atoms with van der Waals surface area (Å²) in [6.45, 7) is 10.8. The van der Waals surface area contributed by atoms with Gasteiger partial charge in [0.05, 0.1) is 12.7 Å². The molecule has 0 rings (SSSR count). The molecule has 0 bridgehead atoms. The Morgan fingerprint density at radius 2 is 1.83 bits per heavy atom. The van der Waals surface area contributed by atoms with E-state index in [9.17, 15) is 0 Å². The first kappa shape index (κ1) is 11.9. The summed E-state index contributed by atoms with van der Waals surface area (Å²) in [7, 11) is 0. The highest BCUT2D eigenvalue weighted by atomic mass is 16.5. The van der Waals surface area contributed by atoms with Crippen LogP contribution in [0.25, 0.3) is 0 Å². The summed E-state index contributed by atoms with van der Waals surface area (Å²) in [5.74, 6) is 0.545. The van der Waals surface area contributed by atoms with Crippen molar-refractivity contribution in [2.24, 2.45) is 5.92 Å². The lowest BCUT2D eigenvalue weighted by atomic mass is 10.1. The zero-order valence-electron chi connectivity index (χ0n) is 8.80. The summed E-state index contributed by atoms with van der Waals surface area (Å²) < 4.78 is 11.0. The second kappa shape index (κ2) is 7.56. The first-order valence-electron chi connectivity index (χ1n) is 4.91. The Morgan fingerprint density at radius 1 is 1.17 bits per heavy atom. The average molecular weight is 174 g/mol. The van der Waals surface area contributed by atoms with E-state index in [1.54, 1.807) is 0 Å². The molecule has 0 amide bonds. The van der Waals surface area contributed by atoms with Crippen molar-refractivity contribution in [1.29, 1.82) is 0 Å². The van der Waals surface area contributed by atoms with Crippen LogP contribution in [0.4, 0.5) is 0 Å². The molecule has 0 aromatic rings. The normalized spacial score (nSPS) is 13.8. The van der Waals surface area contributed by atoms with Crippen LogP contribution in [0.2, 0.25) is 0 Å². The summed E-state index contributed by atoms with van der Waals surface area (Å²) in [6, 6.07) is 0. The Kier molecular flexibility index (Phi) is 7.51. The summed E-state index contributed by atoms with van der Waals surface area (Å²) in [6.07, 6.45) is 1.35. The van der Waals surface area contributed by atoms with Crippen molar-refractivity contribution in [2.75, 3.05) is 19.8 Å². The second-order valence-electron chi connectivity index (χ2n) is 3.31. The van der Waals surface area contributed by atoms with Gasteiger partial charge in [0, 0.05) is 13.2 Å². The summed E-state index contributed by atoms with van der Waals surface area (Å²) in [5, 5.41) is 0. The number of ether oxygens (including phenoxy) is 2. The van der Waals surface area contributed by atoms with Crippen LogP contribution in [0.5, 0.6) is 0 Å². The van der Waals surface area contributed by atoms with Crippen molar-refractivity contribution in [3.63, 3.8) is 0 Å². The van der Waals surface area contributed by atoms with Crippen molar-refractivity contribution in [3.05, 3.63) is 0 Å². The zero-order valence-corrected chi connectivity index (χ0v) is 8.80. The smallest absolute Gasteiger partial charge is 0.0831 e. The lowest BCUT2D eigenvalue weighted by Gasteiger charge is -2.20. The van der Waals surface area contributed by atoms with Gasteiger partial charge in [0.25, 0.3) is 0 Å². The molecule has 0 aliphatic rings. The molecule has 0 aliphatic carbocycles. The van der Waals surface area contributed by atoms with Gasteiger partial charge in [0.1, 0.15) is 0 Å². The fourth-order valence-corrected chi connectivity index (χ4v) is 0.936. The van der Waals surface area contributed by atoms with Gasteiger partial charge in [-0.1, -0.05) is 20.8 Å². The van der Waals surface area contributed by atoms with Gasteiger partial charge in [-0.05, 0) is 19.3 Å². The van der Waals surface area contributed by atoms with E-state index in [1.807, 2.05) is 6.92 Å². The molecule has 0 aromatic carbocycles. The first-order valence-corrected chi connectivity index (χ1v) is 4.91. The predicted molar refractivity (Wildman–Crippen MR) is 51.4 cm³/mol. The quantitative estimate of drug-likeness (QED) is 0.590. The Morgan fingerprint density at radius 3 is 2.25 bits per heavy atom. The molecule has 0 saturated carbocycles. The fraction of sp³-hybridized carbons (Fsp3) is 1.00. The van der Waals surface area contributed by atoms with E-state index in [-0.39, 0.29) is 6.10 Å². The van der Waals surface area contributed by atoms with Gasteiger partial charge in [0.2, 0.25) is 0 Å². The predicted octanol–water partition coefficient (Wildman–Crippen LogP) is 2.47. The molecule has 2 nitrogen and oxygen atoms in total. The third kappa shape index (κ3) is 5.56. The molecule has 0 saturated heterocycles. The maximum absolute atomic E-state index is 5.63. The van der Waals surface area contributed by atoms with Crippen molar-refractivity contribution in [2.45, 2.75) is 40.2 Å². The van der Waals surface area contributed by atoms with E-state index in [4.69, 9.17) is 9.47 Å². The fourth-order valence-electron chi connectivity index (χ4n) is 0.936. The molecule has 74 valence electrons. The van der Waals surface area contributed by atoms with Gasteiger partial charge in [-0.2, -0.15) is 0 Å². The zero-order chi connectivity index (χ0) is 9.40. The van der Waals surface area contributed by atoms with Gasteiger partial charge < -0.3 is 9.47 Å². The molecule has 2 heteroatoms. The third-order valence-electron chi connectivity index (χ3n) is 1.77. The van der Waals surface area contributed by atoms with E-state index >= 15 is 0 Å². The van der Waals surface area contributed by atoms with Gasteiger partial charge >= 0.3 is 0 Å². The Hall–Kier alpha value is -0.0800. The van der Waals surface area contributed by atoms with Crippen LogP contribution in [-0.4, -0.2) is 25.9 Å². The van der Waals surface area contributed by atoms with Crippen molar-refractivity contribution in [1.82, 2.24) is 0 Å². The average Bonchev–Trinajstić information content (AvgIpc) is 2.04. The highest BCUT2D eigenvalue weighted by molar-refractivity contribution is 4.60. The molecule has 1 unspecified atom stereocenters. The van der Waals surface area contributed by atoms with Crippen LogP contribution >= 0.6 is 0 Å². The number of rotatable bonds is 7. The van der Waals surface area contributed by atoms with Crippen LogP contribution in [0.1, 0.15) is 34.1 Å². The summed E-state index contributed by atoms with van der Waals surface area (Å²) >= 11 is 0. The van der Waals surface area contributed by atoms with Crippen LogP contribution in [-0.2, 0) is 9.47 Å². The molecule has 12 heavy (non-hydrogen) atoms. The lowest BCUT2D eigenvalue weighted by Crippen LogP contribution is -2.26. The van der Waals surface area contributed by atoms with Crippen LogP contribution in [0.3, 0.4) is 0 Å². The van der Waals surface area contributed by atoms with Gasteiger partial charge in [-0.15, -0.1) is 0 Å². The Balaban J connectivity index is 3.55. The summed E-state index contributed by atoms with van der Waals surface area (Å²) in [4.78, 5) is 0. The highest BCUT2D eigenvalue weighted by Crippen LogP contribution is 2.07. The van der Waals surface area contributed by atoms with Crippen molar-refractivity contribution >= 4 is 0 Å². The lowest BCUT2D eigenvalue weighted by molar-refractivity contribution is -0.0364. The molecule has 1 atom stereocenters. The van der Waals surface area contributed by atoms with Crippen LogP contribution < -0.4 is 0 Å². The molecule has 0 aliphatic heterocycles. The number of hydrogen-bond donors (Lipinski definition) is 0. The molecule has 0 aromatic heterocycles. The van der Waals surface area contributed by atoms with Gasteiger partial charge in [-0.25, -0.2) is 0 Å². The largest absolute Gasteiger partial charge is 0.379 e. The molecular formula is C10H22O2. The monoisotopic (exact) mass is 174 g/mol. The maximum Gasteiger partial charge on any atom is 0.0831 e. The van der Waals surface area contributed by atoms with Crippen molar-refractivity contribution < 1.29 is 9.47 Å². The van der Waals surface area contributed by atoms with E-state index in [1.165, 1.54) is 0 Å². The highest BCUT2D eigenvalue weighted by Gasteiger charge is 2.12. The minimum absolute atomic E-state index is 0.268. The Bertz CT molecular complexity index is 83.8. The first-order chi connectivity index (χ1) is 5.72. The third-order valence-corrected chi connectivity index (χ3v) is 1.77. The van der Waals surface area contributed by atoms with E-state index in [0.717, 1.165) is 26.2 Å². The molecule has 0 spiro atoms. The minimum atomic E-state index is 0.268. The van der Waals surface area contributed by atoms with Crippen LogP contribution in [0, 0.1) is 5.92 Å². The number of hydrogen-bond acceptors (Lipinski definition) is 2. The molecule has 0 N–H and O–H groups in total. The van der Waals surface area contributed by atoms with E-state index < -0.39 is 0 Å². The standard InChI is InChI=1S/C10H22O2/c1-5-7-12-10(9(3)4)8-11-6-2/h9-10H,5-8H2,1-4H3.